The van der Waals surface area contributed by atoms with Gasteiger partial charge in [-0.3, -0.25) is 4.79 Å². The highest BCUT2D eigenvalue weighted by atomic mass is 32.2. The molecule has 2 heterocycles. The lowest BCUT2D eigenvalue weighted by atomic mass is 10.2. The SMILES string of the molecule is Cc1ccnc(Sc2nc3ccc(N)cc3c(=O)[nH]2)n1. The molecular weight excluding hydrogens is 274 g/mol. The molecule has 0 fully saturated rings. The second kappa shape index (κ2) is 4.93. The van der Waals surface area contributed by atoms with Crippen LogP contribution in [0, 0.1) is 6.92 Å². The number of fused-ring (bicyclic) bond motifs is 1. The highest BCUT2D eigenvalue weighted by molar-refractivity contribution is 7.99. The maximum Gasteiger partial charge on any atom is 0.259 e. The molecule has 0 aliphatic heterocycles. The summed E-state index contributed by atoms with van der Waals surface area (Å²) in [5.41, 5.74) is 7.43. The number of H-pyrrole nitrogens is 1. The molecule has 3 N–H and O–H groups in total. The summed E-state index contributed by atoms with van der Waals surface area (Å²) in [6.07, 6.45) is 1.67. The maximum absolute atomic E-state index is 12.0. The van der Waals surface area contributed by atoms with Crippen LogP contribution in [0.2, 0.25) is 0 Å². The van der Waals surface area contributed by atoms with Crippen molar-refractivity contribution in [3.05, 3.63) is 46.5 Å². The van der Waals surface area contributed by atoms with Gasteiger partial charge in [-0.2, -0.15) is 0 Å². The third-order valence-electron chi connectivity index (χ3n) is 2.67. The molecule has 3 rings (SSSR count). The van der Waals surface area contributed by atoms with Crippen LogP contribution in [0.25, 0.3) is 10.9 Å². The summed E-state index contributed by atoms with van der Waals surface area (Å²) >= 11 is 1.21. The largest absolute Gasteiger partial charge is 0.399 e. The Bertz CT molecular complexity index is 846. The van der Waals surface area contributed by atoms with Crippen LogP contribution in [0.15, 0.2) is 45.6 Å². The normalized spacial score (nSPS) is 10.8. The number of hydrogen-bond donors (Lipinski definition) is 2. The number of benzene rings is 1. The maximum atomic E-state index is 12.0. The Hall–Kier alpha value is -2.41. The molecule has 0 atom stereocenters. The fourth-order valence-electron chi connectivity index (χ4n) is 1.74. The topological polar surface area (TPSA) is 97.5 Å². The lowest BCUT2D eigenvalue weighted by Gasteiger charge is -2.03. The van der Waals surface area contributed by atoms with Gasteiger partial charge in [-0.05, 0) is 43.0 Å². The van der Waals surface area contributed by atoms with E-state index in [0.29, 0.717) is 26.9 Å². The number of anilines is 1. The molecule has 1 aromatic carbocycles. The van der Waals surface area contributed by atoms with Crippen LogP contribution in [0.4, 0.5) is 5.69 Å². The molecule has 0 unspecified atom stereocenters. The molecule has 0 amide bonds. The standard InChI is InChI=1S/C13H11N5OS/c1-7-4-5-15-12(16-7)20-13-17-10-3-2-8(14)6-9(10)11(19)18-13/h2-6H,14H2,1H3,(H,17,18,19). The van der Waals surface area contributed by atoms with Crippen molar-refractivity contribution in [3.63, 3.8) is 0 Å². The fourth-order valence-corrected chi connectivity index (χ4v) is 2.51. The summed E-state index contributed by atoms with van der Waals surface area (Å²) in [6, 6.07) is 6.86. The van der Waals surface area contributed by atoms with Gasteiger partial charge in [-0.15, -0.1) is 0 Å². The van der Waals surface area contributed by atoms with Gasteiger partial charge in [0.15, 0.2) is 10.3 Å². The number of nitrogens with zero attached hydrogens (tertiary/aromatic N) is 3. The van der Waals surface area contributed by atoms with Crippen LogP contribution < -0.4 is 11.3 Å². The Kier molecular flexibility index (Phi) is 3.11. The Morgan fingerprint density at radius 2 is 2.10 bits per heavy atom. The van der Waals surface area contributed by atoms with Crippen molar-refractivity contribution in [3.8, 4) is 0 Å². The Morgan fingerprint density at radius 3 is 2.90 bits per heavy atom. The first kappa shape index (κ1) is 12.6. The van der Waals surface area contributed by atoms with Crippen LogP contribution in [0.3, 0.4) is 0 Å². The van der Waals surface area contributed by atoms with E-state index in [9.17, 15) is 4.79 Å². The number of aromatic nitrogens is 4. The Morgan fingerprint density at radius 1 is 1.25 bits per heavy atom. The zero-order chi connectivity index (χ0) is 14.1. The first-order valence-electron chi connectivity index (χ1n) is 5.89. The van der Waals surface area contributed by atoms with Crippen LogP contribution in [-0.2, 0) is 0 Å². The number of nitrogen functional groups attached to an aromatic ring is 1. The summed E-state index contributed by atoms with van der Waals surface area (Å²) in [5, 5.41) is 1.47. The smallest absolute Gasteiger partial charge is 0.259 e. The molecule has 2 aromatic heterocycles. The molecule has 3 aromatic rings. The first-order valence-corrected chi connectivity index (χ1v) is 6.70. The van der Waals surface area contributed by atoms with Gasteiger partial charge in [0.25, 0.3) is 5.56 Å². The van der Waals surface area contributed by atoms with E-state index in [0.717, 1.165) is 5.69 Å². The molecule has 20 heavy (non-hydrogen) atoms. The van der Waals surface area contributed by atoms with E-state index >= 15 is 0 Å². The molecular formula is C13H11N5OS. The van der Waals surface area contributed by atoms with Gasteiger partial charge in [-0.1, -0.05) is 0 Å². The first-order chi connectivity index (χ1) is 9.61. The quantitative estimate of drug-likeness (QED) is 0.550. The summed E-state index contributed by atoms with van der Waals surface area (Å²) in [6.45, 7) is 1.88. The second-order valence-electron chi connectivity index (χ2n) is 4.23. The molecule has 6 nitrogen and oxygen atoms in total. The Balaban J connectivity index is 2.05. The number of rotatable bonds is 2. The van der Waals surface area contributed by atoms with Crippen molar-refractivity contribution in [1.29, 1.82) is 0 Å². The van der Waals surface area contributed by atoms with Crippen molar-refractivity contribution < 1.29 is 0 Å². The lowest BCUT2D eigenvalue weighted by Crippen LogP contribution is -2.09. The van der Waals surface area contributed by atoms with Gasteiger partial charge < -0.3 is 10.7 Å². The predicted molar refractivity (Wildman–Crippen MR) is 77.7 cm³/mol. The molecule has 0 bridgehead atoms. The number of aryl methyl sites for hydroxylation is 1. The molecule has 0 radical (unpaired) electrons. The van der Waals surface area contributed by atoms with Crippen LogP contribution in [-0.4, -0.2) is 19.9 Å². The van der Waals surface area contributed by atoms with Crippen molar-refractivity contribution in [2.24, 2.45) is 0 Å². The van der Waals surface area contributed by atoms with Crippen LogP contribution in [0.1, 0.15) is 5.69 Å². The van der Waals surface area contributed by atoms with Gasteiger partial charge in [-0.25, -0.2) is 15.0 Å². The van der Waals surface area contributed by atoms with Crippen molar-refractivity contribution in [2.75, 3.05) is 5.73 Å². The average molecular weight is 285 g/mol. The van der Waals surface area contributed by atoms with E-state index in [4.69, 9.17) is 5.73 Å². The van der Waals surface area contributed by atoms with Crippen molar-refractivity contribution in [2.45, 2.75) is 17.2 Å². The van der Waals surface area contributed by atoms with Gasteiger partial charge in [0, 0.05) is 17.6 Å². The third-order valence-corrected chi connectivity index (χ3v) is 3.43. The third kappa shape index (κ3) is 2.48. The summed E-state index contributed by atoms with van der Waals surface area (Å²) in [4.78, 5) is 27.5. The second-order valence-corrected chi connectivity index (χ2v) is 5.19. The monoisotopic (exact) mass is 285 g/mol. The average Bonchev–Trinajstić information content (AvgIpc) is 2.40. The van der Waals surface area contributed by atoms with Crippen LogP contribution >= 0.6 is 11.8 Å². The van der Waals surface area contributed by atoms with Crippen LogP contribution in [0.5, 0.6) is 0 Å². The predicted octanol–water partition coefficient (Wildman–Crippen LogP) is 1.75. The number of nitrogens with one attached hydrogen (secondary N) is 1. The van der Waals surface area contributed by atoms with Crippen molar-refractivity contribution >= 4 is 28.4 Å². The number of hydrogen-bond acceptors (Lipinski definition) is 6. The lowest BCUT2D eigenvalue weighted by molar-refractivity contribution is 0.910. The molecule has 7 heteroatoms. The fraction of sp³-hybridized carbons (Fsp3) is 0.0769. The molecule has 0 aliphatic rings. The zero-order valence-electron chi connectivity index (χ0n) is 10.6. The van der Waals surface area contributed by atoms with E-state index in [1.165, 1.54) is 11.8 Å². The highest BCUT2D eigenvalue weighted by Crippen LogP contribution is 2.21. The molecule has 0 saturated heterocycles. The molecule has 0 saturated carbocycles. The molecule has 0 aliphatic carbocycles. The number of nitrogens with two attached hydrogens (primary N) is 1. The van der Waals surface area contributed by atoms with E-state index in [-0.39, 0.29) is 5.56 Å². The molecule has 0 spiro atoms. The molecule has 100 valence electrons. The minimum absolute atomic E-state index is 0.225. The van der Waals surface area contributed by atoms with E-state index in [1.54, 1.807) is 24.4 Å². The summed E-state index contributed by atoms with van der Waals surface area (Å²) < 4.78 is 0. The number of aromatic amines is 1. The van der Waals surface area contributed by atoms with Gasteiger partial charge in [0.05, 0.1) is 10.9 Å². The van der Waals surface area contributed by atoms with Gasteiger partial charge >= 0.3 is 0 Å². The van der Waals surface area contributed by atoms with Crippen molar-refractivity contribution in [1.82, 2.24) is 19.9 Å². The zero-order valence-corrected chi connectivity index (χ0v) is 11.4. The van der Waals surface area contributed by atoms with Gasteiger partial charge in [0.1, 0.15) is 0 Å². The van der Waals surface area contributed by atoms with E-state index < -0.39 is 0 Å². The van der Waals surface area contributed by atoms with E-state index in [1.807, 2.05) is 13.0 Å². The highest BCUT2D eigenvalue weighted by Gasteiger charge is 2.07. The Labute approximate surface area is 118 Å². The summed E-state index contributed by atoms with van der Waals surface area (Å²) in [7, 11) is 0. The summed E-state index contributed by atoms with van der Waals surface area (Å²) in [5.74, 6) is 0. The minimum Gasteiger partial charge on any atom is -0.399 e. The minimum atomic E-state index is -0.225. The van der Waals surface area contributed by atoms with Gasteiger partial charge in [0.2, 0.25) is 0 Å². The van der Waals surface area contributed by atoms with E-state index in [2.05, 4.69) is 19.9 Å².